The molecule has 1 aromatic rings. The summed E-state index contributed by atoms with van der Waals surface area (Å²) in [7, 11) is 0. The van der Waals surface area contributed by atoms with Gasteiger partial charge in [-0.3, -0.25) is 4.79 Å². The number of rotatable bonds is 4. The van der Waals surface area contributed by atoms with Gasteiger partial charge in [0.05, 0.1) is 12.2 Å². The van der Waals surface area contributed by atoms with Crippen LogP contribution >= 0.6 is 11.8 Å². The summed E-state index contributed by atoms with van der Waals surface area (Å²) in [6.45, 7) is 0.314. The monoisotopic (exact) mass is 248 g/mol. The number of anilines is 1. The third-order valence-corrected chi connectivity index (χ3v) is 2.67. The van der Waals surface area contributed by atoms with E-state index < -0.39 is 0 Å². The third-order valence-electron chi connectivity index (χ3n) is 2.06. The maximum Gasteiger partial charge on any atom is 0.225 e. The molecule has 0 heterocycles. The molecular weight excluding hydrogens is 232 g/mol. The zero-order chi connectivity index (χ0) is 12.5. The Bertz CT molecular complexity index is 435. The lowest BCUT2D eigenvalue weighted by atomic mass is 10.2. The average molecular weight is 248 g/mol. The zero-order valence-corrected chi connectivity index (χ0v) is 10.6. The Morgan fingerprint density at radius 1 is 1.47 bits per heavy atom. The molecule has 0 radical (unpaired) electrons. The number of nitrogens with two attached hydrogens (primary N) is 1. The molecule has 1 aromatic carbocycles. The molecule has 0 bridgehead atoms. The quantitative estimate of drug-likeness (QED) is 0.797. The van der Waals surface area contributed by atoms with Crippen LogP contribution in [0.4, 0.5) is 5.69 Å². The van der Waals surface area contributed by atoms with Gasteiger partial charge in [-0.15, -0.1) is 0 Å². The SMILES string of the molecule is CSCCC(=O)Nc1ccccc1C#CCN. The van der Waals surface area contributed by atoms with Gasteiger partial charge in [0.2, 0.25) is 5.91 Å². The van der Waals surface area contributed by atoms with Gasteiger partial charge in [-0.05, 0) is 18.4 Å². The molecule has 0 aliphatic rings. The van der Waals surface area contributed by atoms with Gasteiger partial charge < -0.3 is 11.1 Å². The first kappa shape index (κ1) is 13.6. The van der Waals surface area contributed by atoms with E-state index in [-0.39, 0.29) is 5.91 Å². The standard InChI is InChI=1S/C13H16N2OS/c1-17-10-8-13(16)15-12-7-3-2-5-11(12)6-4-9-14/h2-3,5,7H,8-10,14H2,1H3,(H,15,16). The summed E-state index contributed by atoms with van der Waals surface area (Å²) in [5.74, 6) is 6.56. The molecule has 0 spiro atoms. The van der Waals surface area contributed by atoms with E-state index >= 15 is 0 Å². The molecule has 0 atom stereocenters. The van der Waals surface area contributed by atoms with Crippen molar-refractivity contribution in [2.45, 2.75) is 6.42 Å². The Morgan fingerprint density at radius 3 is 2.94 bits per heavy atom. The van der Waals surface area contributed by atoms with E-state index in [0.29, 0.717) is 13.0 Å². The molecule has 3 N–H and O–H groups in total. The lowest BCUT2D eigenvalue weighted by molar-refractivity contribution is -0.115. The number of carbonyl (C=O) groups is 1. The summed E-state index contributed by atoms with van der Waals surface area (Å²) >= 11 is 1.65. The number of hydrogen-bond donors (Lipinski definition) is 2. The van der Waals surface area contributed by atoms with Crippen LogP contribution in [-0.2, 0) is 4.79 Å². The highest BCUT2D eigenvalue weighted by molar-refractivity contribution is 7.98. The molecule has 90 valence electrons. The summed E-state index contributed by atoms with van der Waals surface area (Å²) in [4.78, 5) is 11.6. The Kier molecular flexibility index (Phi) is 6.23. The van der Waals surface area contributed by atoms with Crippen molar-refractivity contribution < 1.29 is 4.79 Å². The van der Waals surface area contributed by atoms with Crippen LogP contribution in [0.25, 0.3) is 0 Å². The van der Waals surface area contributed by atoms with E-state index in [2.05, 4.69) is 17.2 Å². The van der Waals surface area contributed by atoms with Gasteiger partial charge >= 0.3 is 0 Å². The van der Waals surface area contributed by atoms with Gasteiger partial charge in [-0.25, -0.2) is 0 Å². The van der Waals surface area contributed by atoms with Crippen LogP contribution in [0.3, 0.4) is 0 Å². The highest BCUT2D eigenvalue weighted by Gasteiger charge is 2.04. The minimum Gasteiger partial charge on any atom is -0.325 e. The maximum atomic E-state index is 11.6. The highest BCUT2D eigenvalue weighted by atomic mass is 32.2. The van der Waals surface area contributed by atoms with Gasteiger partial charge in [0, 0.05) is 17.7 Å². The minimum atomic E-state index is 0.0151. The number of para-hydroxylation sites is 1. The minimum absolute atomic E-state index is 0.0151. The number of carbonyl (C=O) groups excluding carboxylic acids is 1. The fourth-order valence-electron chi connectivity index (χ4n) is 1.25. The summed E-state index contributed by atoms with van der Waals surface area (Å²) in [5, 5.41) is 2.86. The molecule has 0 aliphatic carbocycles. The van der Waals surface area contributed by atoms with Crippen LogP contribution in [0.5, 0.6) is 0 Å². The molecule has 0 fully saturated rings. The van der Waals surface area contributed by atoms with E-state index in [4.69, 9.17) is 5.73 Å². The molecule has 17 heavy (non-hydrogen) atoms. The number of benzene rings is 1. The van der Waals surface area contributed by atoms with E-state index in [1.807, 2.05) is 30.5 Å². The van der Waals surface area contributed by atoms with Gasteiger partial charge in [-0.2, -0.15) is 11.8 Å². The average Bonchev–Trinajstić information content (AvgIpc) is 2.35. The summed E-state index contributed by atoms with van der Waals surface area (Å²) in [6.07, 6.45) is 2.49. The lowest BCUT2D eigenvalue weighted by Gasteiger charge is -2.06. The normalized spacial score (nSPS) is 9.29. The van der Waals surface area contributed by atoms with Crippen molar-refractivity contribution in [2.24, 2.45) is 5.73 Å². The van der Waals surface area contributed by atoms with Crippen LogP contribution in [-0.4, -0.2) is 24.5 Å². The van der Waals surface area contributed by atoms with Gasteiger partial charge in [0.1, 0.15) is 0 Å². The summed E-state index contributed by atoms with van der Waals surface area (Å²) in [6, 6.07) is 7.47. The van der Waals surface area contributed by atoms with Crippen LogP contribution in [0.2, 0.25) is 0 Å². The van der Waals surface area contributed by atoms with Crippen molar-refractivity contribution in [1.29, 1.82) is 0 Å². The number of amides is 1. The smallest absolute Gasteiger partial charge is 0.225 e. The second-order valence-corrected chi connectivity index (χ2v) is 4.33. The Morgan fingerprint density at radius 2 is 2.24 bits per heavy atom. The second-order valence-electron chi connectivity index (χ2n) is 3.34. The third kappa shape index (κ3) is 4.94. The van der Waals surface area contributed by atoms with Crippen molar-refractivity contribution in [3.63, 3.8) is 0 Å². The van der Waals surface area contributed by atoms with Crippen LogP contribution < -0.4 is 11.1 Å². The molecule has 0 aliphatic heterocycles. The van der Waals surface area contributed by atoms with Crippen molar-refractivity contribution >= 4 is 23.4 Å². The summed E-state index contributed by atoms with van der Waals surface area (Å²) in [5.41, 5.74) is 6.88. The predicted molar refractivity (Wildman–Crippen MR) is 74.0 cm³/mol. The van der Waals surface area contributed by atoms with Gasteiger partial charge in [0.15, 0.2) is 0 Å². The zero-order valence-electron chi connectivity index (χ0n) is 9.82. The van der Waals surface area contributed by atoms with E-state index in [1.165, 1.54) is 0 Å². The first-order chi connectivity index (χ1) is 8.27. The van der Waals surface area contributed by atoms with Crippen molar-refractivity contribution in [3.8, 4) is 11.8 Å². The van der Waals surface area contributed by atoms with Crippen LogP contribution in [0.1, 0.15) is 12.0 Å². The Hall–Kier alpha value is -1.44. The maximum absolute atomic E-state index is 11.6. The fourth-order valence-corrected chi connectivity index (χ4v) is 1.64. The number of hydrogen-bond acceptors (Lipinski definition) is 3. The second kappa shape index (κ2) is 7.77. The lowest BCUT2D eigenvalue weighted by Crippen LogP contribution is -2.13. The molecule has 1 rings (SSSR count). The van der Waals surface area contributed by atoms with Crippen LogP contribution in [0.15, 0.2) is 24.3 Å². The first-order valence-electron chi connectivity index (χ1n) is 5.34. The largest absolute Gasteiger partial charge is 0.325 e. The Labute approximate surface area is 106 Å². The van der Waals surface area contributed by atoms with Crippen molar-refractivity contribution in [2.75, 3.05) is 23.9 Å². The summed E-state index contributed by atoms with van der Waals surface area (Å²) < 4.78 is 0. The topological polar surface area (TPSA) is 55.1 Å². The Balaban J connectivity index is 2.73. The van der Waals surface area contributed by atoms with E-state index in [1.54, 1.807) is 11.8 Å². The predicted octanol–water partition coefficient (Wildman–Crippen LogP) is 1.69. The molecular formula is C13H16N2OS. The molecule has 0 aromatic heterocycles. The van der Waals surface area contributed by atoms with E-state index in [9.17, 15) is 4.79 Å². The van der Waals surface area contributed by atoms with Gasteiger partial charge in [-0.1, -0.05) is 24.0 Å². The molecule has 3 nitrogen and oxygen atoms in total. The van der Waals surface area contributed by atoms with Crippen molar-refractivity contribution in [3.05, 3.63) is 29.8 Å². The van der Waals surface area contributed by atoms with Crippen molar-refractivity contribution in [1.82, 2.24) is 0 Å². The van der Waals surface area contributed by atoms with Gasteiger partial charge in [0.25, 0.3) is 0 Å². The highest BCUT2D eigenvalue weighted by Crippen LogP contribution is 2.14. The number of nitrogens with one attached hydrogen (secondary N) is 1. The number of thioether (sulfide) groups is 1. The first-order valence-corrected chi connectivity index (χ1v) is 6.74. The van der Waals surface area contributed by atoms with E-state index in [0.717, 1.165) is 17.0 Å². The van der Waals surface area contributed by atoms with Crippen LogP contribution in [0, 0.1) is 11.8 Å². The molecule has 0 saturated heterocycles. The molecule has 0 saturated carbocycles. The molecule has 1 amide bonds. The fraction of sp³-hybridized carbons (Fsp3) is 0.308. The molecule has 0 unspecified atom stereocenters. The molecule has 4 heteroatoms.